The minimum Gasteiger partial charge on any atom is -0.463 e. The highest BCUT2D eigenvalue weighted by Gasteiger charge is 2.23. The number of nitrogens with zero attached hydrogens (tertiary/aromatic N) is 1. The Morgan fingerprint density at radius 1 is 1.28 bits per heavy atom. The third-order valence-corrected chi connectivity index (χ3v) is 5.48. The number of rotatable bonds is 5. The highest BCUT2D eigenvalue weighted by molar-refractivity contribution is 7.13. The molecule has 1 amide bonds. The molecule has 9 heteroatoms. The Balaban J connectivity index is 1.86. The van der Waals surface area contributed by atoms with Gasteiger partial charge in [0.15, 0.2) is 0 Å². The van der Waals surface area contributed by atoms with Crippen LogP contribution < -0.4 is 15.5 Å². The third kappa shape index (κ3) is 5.34. The SMILES string of the molecule is CCc1cc2c(=O)c(-c3nc(C)cs3)coc2cc1OC(=O)[C@H](C)NC(=O)OC(C)(C)C. The molecule has 0 aliphatic carbocycles. The van der Waals surface area contributed by atoms with E-state index in [0.717, 1.165) is 5.69 Å². The van der Waals surface area contributed by atoms with Gasteiger partial charge in [-0.1, -0.05) is 6.92 Å². The second-order valence-electron chi connectivity index (χ2n) is 8.37. The van der Waals surface area contributed by atoms with Crippen molar-refractivity contribution in [3.05, 3.63) is 45.3 Å². The Kier molecular flexibility index (Phi) is 6.68. The van der Waals surface area contributed by atoms with Crippen molar-refractivity contribution in [2.24, 2.45) is 0 Å². The Bertz CT molecular complexity index is 1220. The first kappa shape index (κ1) is 23.5. The van der Waals surface area contributed by atoms with Crippen LogP contribution in [0.4, 0.5) is 4.79 Å². The molecular formula is C23H26N2O6S. The van der Waals surface area contributed by atoms with Crippen molar-refractivity contribution >= 4 is 34.4 Å². The lowest BCUT2D eigenvalue weighted by atomic mass is 10.1. The lowest BCUT2D eigenvalue weighted by Crippen LogP contribution is -2.43. The normalized spacial score (nSPS) is 12.4. The molecule has 8 nitrogen and oxygen atoms in total. The van der Waals surface area contributed by atoms with Crippen molar-refractivity contribution in [2.75, 3.05) is 0 Å². The number of ether oxygens (including phenoxy) is 2. The number of thiazole rings is 1. The van der Waals surface area contributed by atoms with Crippen LogP contribution in [-0.2, 0) is 16.0 Å². The van der Waals surface area contributed by atoms with Crippen molar-refractivity contribution in [3.8, 4) is 16.3 Å². The fraction of sp³-hybridized carbons (Fsp3) is 0.391. The molecule has 0 saturated heterocycles. The number of nitrogens with one attached hydrogen (secondary N) is 1. The zero-order chi connectivity index (χ0) is 23.6. The van der Waals surface area contributed by atoms with E-state index < -0.39 is 23.7 Å². The molecule has 2 heterocycles. The van der Waals surface area contributed by atoms with Gasteiger partial charge in [0.05, 0.1) is 10.9 Å². The monoisotopic (exact) mass is 458 g/mol. The number of aryl methyl sites for hydroxylation is 2. The summed E-state index contributed by atoms with van der Waals surface area (Å²) in [6.07, 6.45) is 1.17. The van der Waals surface area contributed by atoms with Crippen LogP contribution >= 0.6 is 11.3 Å². The molecule has 0 aliphatic rings. The van der Waals surface area contributed by atoms with E-state index >= 15 is 0 Å². The smallest absolute Gasteiger partial charge is 0.408 e. The molecule has 3 aromatic rings. The number of esters is 1. The molecular weight excluding hydrogens is 432 g/mol. The van der Waals surface area contributed by atoms with E-state index in [4.69, 9.17) is 13.9 Å². The molecule has 0 unspecified atom stereocenters. The van der Waals surface area contributed by atoms with Gasteiger partial charge in [0.25, 0.3) is 0 Å². The van der Waals surface area contributed by atoms with E-state index in [-0.39, 0.29) is 11.2 Å². The van der Waals surface area contributed by atoms with Crippen molar-refractivity contribution < 1.29 is 23.5 Å². The average molecular weight is 459 g/mol. The number of amides is 1. The third-order valence-electron chi connectivity index (χ3n) is 4.48. The Morgan fingerprint density at radius 2 is 2.00 bits per heavy atom. The van der Waals surface area contributed by atoms with Gasteiger partial charge < -0.3 is 19.2 Å². The lowest BCUT2D eigenvalue weighted by molar-refractivity contribution is -0.136. The summed E-state index contributed by atoms with van der Waals surface area (Å²) in [6, 6.07) is 2.25. The van der Waals surface area contributed by atoms with Crippen LogP contribution in [0.3, 0.4) is 0 Å². The van der Waals surface area contributed by atoms with E-state index in [0.29, 0.717) is 33.5 Å². The Labute approximate surface area is 189 Å². The zero-order valence-electron chi connectivity index (χ0n) is 18.9. The van der Waals surface area contributed by atoms with E-state index in [1.165, 1.54) is 30.6 Å². The summed E-state index contributed by atoms with van der Waals surface area (Å²) in [6.45, 7) is 10.4. The van der Waals surface area contributed by atoms with E-state index in [2.05, 4.69) is 10.3 Å². The van der Waals surface area contributed by atoms with Gasteiger partial charge >= 0.3 is 12.1 Å². The van der Waals surface area contributed by atoms with E-state index in [9.17, 15) is 14.4 Å². The molecule has 0 fully saturated rings. The molecule has 0 radical (unpaired) electrons. The van der Waals surface area contributed by atoms with Crippen molar-refractivity contribution in [2.45, 2.75) is 59.6 Å². The fourth-order valence-corrected chi connectivity index (χ4v) is 3.74. The molecule has 32 heavy (non-hydrogen) atoms. The number of carbonyl (C=O) groups is 2. The maximum atomic E-state index is 13.0. The van der Waals surface area contributed by atoms with E-state index in [1.807, 2.05) is 19.2 Å². The average Bonchev–Trinajstić information content (AvgIpc) is 3.12. The van der Waals surface area contributed by atoms with Crippen molar-refractivity contribution in [3.63, 3.8) is 0 Å². The molecule has 2 aromatic heterocycles. The largest absolute Gasteiger partial charge is 0.463 e. The van der Waals surface area contributed by atoms with Crippen LogP contribution in [0.1, 0.15) is 45.9 Å². The second kappa shape index (κ2) is 9.12. The summed E-state index contributed by atoms with van der Waals surface area (Å²) in [7, 11) is 0. The van der Waals surface area contributed by atoms with Gasteiger partial charge in [-0.25, -0.2) is 14.6 Å². The first-order valence-corrected chi connectivity index (χ1v) is 11.1. The number of hydrogen-bond donors (Lipinski definition) is 1. The number of alkyl carbamates (subject to hydrolysis) is 1. The predicted molar refractivity (Wildman–Crippen MR) is 122 cm³/mol. The zero-order valence-corrected chi connectivity index (χ0v) is 19.7. The number of carbonyl (C=O) groups excluding carboxylic acids is 2. The van der Waals surface area contributed by atoms with Crippen LogP contribution in [-0.4, -0.2) is 28.7 Å². The highest BCUT2D eigenvalue weighted by atomic mass is 32.1. The summed E-state index contributed by atoms with van der Waals surface area (Å²) >= 11 is 1.37. The highest BCUT2D eigenvalue weighted by Crippen LogP contribution is 2.28. The minimum atomic E-state index is -0.937. The van der Waals surface area contributed by atoms with E-state index in [1.54, 1.807) is 26.8 Å². The number of aromatic nitrogens is 1. The summed E-state index contributed by atoms with van der Waals surface area (Å²) in [5, 5.41) is 5.29. The number of benzene rings is 1. The maximum Gasteiger partial charge on any atom is 0.408 e. The summed E-state index contributed by atoms with van der Waals surface area (Å²) in [5.41, 5.74) is 1.28. The first-order valence-electron chi connectivity index (χ1n) is 10.2. The standard InChI is InChI=1S/C23H26N2O6S/c1-7-14-8-15-18(29-10-16(19(15)26)20-24-12(2)11-32-20)9-17(14)30-21(27)13(3)25-22(28)31-23(4,5)6/h8-11,13H,7H2,1-6H3,(H,25,28)/t13-/m0/s1. The molecule has 0 spiro atoms. The second-order valence-corrected chi connectivity index (χ2v) is 9.23. The van der Waals surface area contributed by atoms with Gasteiger partial charge in [-0.2, -0.15) is 0 Å². The summed E-state index contributed by atoms with van der Waals surface area (Å²) in [4.78, 5) is 41.8. The summed E-state index contributed by atoms with van der Waals surface area (Å²) < 4.78 is 16.4. The van der Waals surface area contributed by atoms with Crippen molar-refractivity contribution in [1.82, 2.24) is 10.3 Å². The van der Waals surface area contributed by atoms with Crippen LogP contribution in [0, 0.1) is 6.92 Å². The summed E-state index contributed by atoms with van der Waals surface area (Å²) in [5.74, 6) is -0.397. The number of fused-ring (bicyclic) bond motifs is 1. The van der Waals surface area contributed by atoms with Gasteiger partial charge in [0.1, 0.15) is 34.2 Å². The first-order chi connectivity index (χ1) is 15.0. The van der Waals surface area contributed by atoms with Gasteiger partial charge in [-0.05, 0) is 52.7 Å². The Hall–Kier alpha value is -3.20. The quantitative estimate of drug-likeness (QED) is 0.439. The lowest BCUT2D eigenvalue weighted by Gasteiger charge is -2.21. The predicted octanol–water partition coefficient (Wildman–Crippen LogP) is 4.61. The van der Waals surface area contributed by atoms with Gasteiger partial charge in [0, 0.05) is 17.1 Å². The van der Waals surface area contributed by atoms with Gasteiger partial charge in [-0.15, -0.1) is 11.3 Å². The van der Waals surface area contributed by atoms with Crippen LogP contribution in [0.5, 0.6) is 5.75 Å². The molecule has 170 valence electrons. The molecule has 0 bridgehead atoms. The molecule has 3 rings (SSSR count). The molecule has 1 N–H and O–H groups in total. The Morgan fingerprint density at radius 3 is 2.59 bits per heavy atom. The molecule has 1 aromatic carbocycles. The minimum absolute atomic E-state index is 0.201. The maximum absolute atomic E-state index is 13.0. The molecule has 1 atom stereocenters. The van der Waals surface area contributed by atoms with Gasteiger partial charge in [-0.3, -0.25) is 4.79 Å². The topological polar surface area (TPSA) is 108 Å². The van der Waals surface area contributed by atoms with Gasteiger partial charge in [0.2, 0.25) is 5.43 Å². The van der Waals surface area contributed by atoms with Crippen LogP contribution in [0.2, 0.25) is 0 Å². The molecule has 0 saturated carbocycles. The van der Waals surface area contributed by atoms with Crippen LogP contribution in [0.15, 0.2) is 33.0 Å². The van der Waals surface area contributed by atoms with Crippen molar-refractivity contribution in [1.29, 1.82) is 0 Å². The van der Waals surface area contributed by atoms with Crippen LogP contribution in [0.25, 0.3) is 21.5 Å². The fourth-order valence-electron chi connectivity index (χ4n) is 2.94. The molecule has 0 aliphatic heterocycles. The number of hydrogen-bond acceptors (Lipinski definition) is 8.